The van der Waals surface area contributed by atoms with Crippen LogP contribution in [0.4, 0.5) is 13.2 Å². The molecule has 0 saturated carbocycles. The quantitative estimate of drug-likeness (QED) is 0.481. The highest BCUT2D eigenvalue weighted by atomic mass is 19.4. The van der Waals surface area contributed by atoms with Gasteiger partial charge in [-0.2, -0.15) is 13.2 Å². The fraction of sp³-hybridized carbons (Fsp3) is 0.429. The number of hydrogen-bond donors (Lipinski definition) is 3. The van der Waals surface area contributed by atoms with E-state index in [1.165, 1.54) is 6.92 Å². The zero-order valence-electron chi connectivity index (χ0n) is 7.27. The van der Waals surface area contributed by atoms with Crippen molar-refractivity contribution in [1.29, 1.82) is 5.41 Å². The van der Waals surface area contributed by atoms with E-state index in [-0.39, 0.29) is 12.6 Å². The van der Waals surface area contributed by atoms with Gasteiger partial charge in [0, 0.05) is 6.54 Å². The summed E-state index contributed by atoms with van der Waals surface area (Å²) in [6, 6.07) is 0. The number of nitrogens with one attached hydrogen (secondary N) is 2. The average Bonchev–Trinajstić information content (AvgIpc) is 2.01. The van der Waals surface area contributed by atoms with E-state index in [9.17, 15) is 18.0 Å². The number of carbonyl (C=O) groups is 1. The third kappa shape index (κ3) is 3.92. The van der Waals surface area contributed by atoms with Crippen LogP contribution in [0.1, 0.15) is 6.92 Å². The number of allylic oxidation sites excluding steroid dienone is 1. The molecule has 0 aromatic heterocycles. The maximum atomic E-state index is 11.8. The average molecular weight is 210 g/mol. The first-order valence-electron chi connectivity index (χ1n) is 3.63. The lowest BCUT2D eigenvalue weighted by atomic mass is 10.3. The second-order valence-corrected chi connectivity index (χ2v) is 2.30. The molecule has 0 aliphatic rings. The van der Waals surface area contributed by atoms with Crippen molar-refractivity contribution < 1.29 is 23.1 Å². The van der Waals surface area contributed by atoms with Crippen molar-refractivity contribution >= 4 is 11.7 Å². The molecule has 0 aliphatic carbocycles. The normalized spacial score (nSPS) is 12.4. The van der Waals surface area contributed by atoms with E-state index in [1.54, 1.807) is 0 Å². The highest BCUT2D eigenvalue weighted by Crippen LogP contribution is 2.17. The van der Waals surface area contributed by atoms with Crippen LogP contribution in [-0.4, -0.2) is 29.5 Å². The first-order chi connectivity index (χ1) is 6.29. The first kappa shape index (κ1) is 12.5. The van der Waals surface area contributed by atoms with Crippen molar-refractivity contribution in [1.82, 2.24) is 5.32 Å². The molecular weight excluding hydrogens is 201 g/mol. The Hall–Kier alpha value is -1.53. The van der Waals surface area contributed by atoms with Gasteiger partial charge in [0.25, 0.3) is 0 Å². The molecule has 0 aromatic carbocycles. The maximum Gasteiger partial charge on any atom is 0.432 e. The largest absolute Gasteiger partial charge is 0.477 e. The number of carboxylic acid groups (broad SMARTS) is 1. The third-order valence-electron chi connectivity index (χ3n) is 1.19. The zero-order chi connectivity index (χ0) is 11.4. The molecule has 0 radical (unpaired) electrons. The number of halogens is 3. The smallest absolute Gasteiger partial charge is 0.432 e. The Bertz CT molecular complexity index is 271. The second kappa shape index (κ2) is 4.64. The summed E-state index contributed by atoms with van der Waals surface area (Å²) in [5.41, 5.74) is -2.34. The van der Waals surface area contributed by atoms with E-state index < -0.39 is 23.6 Å². The van der Waals surface area contributed by atoms with Crippen molar-refractivity contribution in [3.63, 3.8) is 0 Å². The molecule has 0 atom stereocenters. The Balaban J connectivity index is 4.75. The summed E-state index contributed by atoms with van der Waals surface area (Å²) in [7, 11) is 0. The van der Waals surface area contributed by atoms with E-state index in [0.29, 0.717) is 0 Å². The summed E-state index contributed by atoms with van der Waals surface area (Å²) < 4.78 is 35.5. The van der Waals surface area contributed by atoms with E-state index in [1.807, 2.05) is 0 Å². The van der Waals surface area contributed by atoms with Crippen molar-refractivity contribution in [2.45, 2.75) is 13.1 Å². The Morgan fingerprint density at radius 1 is 1.57 bits per heavy atom. The number of carboxylic acids is 1. The van der Waals surface area contributed by atoms with Crippen molar-refractivity contribution in [2.75, 3.05) is 6.54 Å². The summed E-state index contributed by atoms with van der Waals surface area (Å²) in [6.45, 7) is 1.71. The highest BCUT2D eigenvalue weighted by molar-refractivity contribution is 6.02. The monoisotopic (exact) mass is 210 g/mol. The molecule has 0 heterocycles. The molecule has 0 spiro atoms. The molecule has 0 rings (SSSR count). The van der Waals surface area contributed by atoms with Crippen LogP contribution in [0.2, 0.25) is 0 Å². The standard InChI is InChI=1S/C7H9F3N2O2/c1-2-12-4(6(13)14)3-5(11)7(8,9)10/h3,11-12H,2H2,1H3,(H,13,14)/b4-3-,11-5?. The summed E-state index contributed by atoms with van der Waals surface area (Å²) in [4.78, 5) is 10.4. The van der Waals surface area contributed by atoms with Gasteiger partial charge >= 0.3 is 12.1 Å². The number of hydrogen-bond acceptors (Lipinski definition) is 3. The van der Waals surface area contributed by atoms with Crippen LogP contribution < -0.4 is 5.32 Å². The first-order valence-corrected chi connectivity index (χ1v) is 3.63. The van der Waals surface area contributed by atoms with E-state index >= 15 is 0 Å². The van der Waals surface area contributed by atoms with Crippen LogP contribution >= 0.6 is 0 Å². The molecule has 14 heavy (non-hydrogen) atoms. The van der Waals surface area contributed by atoms with Crippen LogP contribution in [0.25, 0.3) is 0 Å². The van der Waals surface area contributed by atoms with Crippen LogP contribution in [0.3, 0.4) is 0 Å². The molecule has 0 aromatic rings. The van der Waals surface area contributed by atoms with Gasteiger partial charge in [-0.05, 0) is 13.0 Å². The molecule has 7 heteroatoms. The molecule has 3 N–H and O–H groups in total. The van der Waals surface area contributed by atoms with Gasteiger partial charge < -0.3 is 10.4 Å². The van der Waals surface area contributed by atoms with Crippen LogP contribution in [-0.2, 0) is 4.79 Å². The number of likely N-dealkylation sites (N-methyl/N-ethyl adjacent to an activating group) is 1. The van der Waals surface area contributed by atoms with Gasteiger partial charge in [-0.1, -0.05) is 0 Å². The molecule has 0 aliphatic heterocycles. The van der Waals surface area contributed by atoms with E-state index in [2.05, 4.69) is 5.32 Å². The summed E-state index contributed by atoms with van der Waals surface area (Å²) in [6.07, 6.45) is -4.58. The maximum absolute atomic E-state index is 11.8. The Kier molecular flexibility index (Phi) is 4.13. The predicted molar refractivity (Wildman–Crippen MR) is 43.2 cm³/mol. The van der Waals surface area contributed by atoms with Gasteiger partial charge in [0.15, 0.2) is 0 Å². The molecule has 0 unspecified atom stereocenters. The summed E-state index contributed by atoms with van der Waals surface area (Å²) in [5, 5.41) is 17.2. The van der Waals surface area contributed by atoms with Gasteiger partial charge in [0.1, 0.15) is 11.4 Å². The van der Waals surface area contributed by atoms with Gasteiger partial charge in [-0.25, -0.2) is 4.79 Å². The van der Waals surface area contributed by atoms with Crippen LogP contribution in [0.15, 0.2) is 11.8 Å². The van der Waals surface area contributed by atoms with Crippen molar-refractivity contribution in [2.24, 2.45) is 0 Å². The topological polar surface area (TPSA) is 73.2 Å². The van der Waals surface area contributed by atoms with Gasteiger partial charge in [-0.3, -0.25) is 5.41 Å². The fourth-order valence-electron chi connectivity index (χ4n) is 0.605. The lowest BCUT2D eigenvalue weighted by Crippen LogP contribution is -2.25. The summed E-state index contributed by atoms with van der Waals surface area (Å²) in [5.74, 6) is -1.53. The molecule has 0 fully saturated rings. The number of rotatable bonds is 4. The van der Waals surface area contributed by atoms with Crippen molar-refractivity contribution in [3.05, 3.63) is 11.8 Å². The van der Waals surface area contributed by atoms with Gasteiger partial charge in [0.05, 0.1) is 0 Å². The highest BCUT2D eigenvalue weighted by Gasteiger charge is 2.33. The SMILES string of the molecule is CCN/C(=C\C(=N)C(F)(F)F)C(=O)O. The third-order valence-corrected chi connectivity index (χ3v) is 1.19. The molecule has 80 valence electrons. The lowest BCUT2D eigenvalue weighted by molar-refractivity contribution is -0.133. The van der Waals surface area contributed by atoms with E-state index in [4.69, 9.17) is 10.5 Å². The lowest BCUT2D eigenvalue weighted by Gasteiger charge is -2.06. The van der Waals surface area contributed by atoms with E-state index in [0.717, 1.165) is 0 Å². The Labute approximate surface area is 77.9 Å². The zero-order valence-corrected chi connectivity index (χ0v) is 7.27. The predicted octanol–water partition coefficient (Wildman–Crippen LogP) is 1.15. The minimum atomic E-state index is -4.82. The Morgan fingerprint density at radius 3 is 2.36 bits per heavy atom. The second-order valence-electron chi connectivity index (χ2n) is 2.30. The molecular formula is C7H9F3N2O2. The minimum Gasteiger partial charge on any atom is -0.477 e. The summed E-state index contributed by atoms with van der Waals surface area (Å²) >= 11 is 0. The molecule has 0 saturated heterocycles. The molecule has 4 nitrogen and oxygen atoms in total. The van der Waals surface area contributed by atoms with Gasteiger partial charge in [0.2, 0.25) is 0 Å². The van der Waals surface area contributed by atoms with Crippen LogP contribution in [0.5, 0.6) is 0 Å². The molecule has 0 bridgehead atoms. The van der Waals surface area contributed by atoms with Gasteiger partial charge in [-0.15, -0.1) is 0 Å². The number of aliphatic carboxylic acids is 1. The fourth-order valence-corrected chi connectivity index (χ4v) is 0.605. The minimum absolute atomic E-state index is 0.170. The molecule has 0 amide bonds. The Morgan fingerprint density at radius 2 is 2.07 bits per heavy atom. The van der Waals surface area contributed by atoms with Crippen LogP contribution in [0, 0.1) is 5.41 Å². The number of alkyl halides is 3. The van der Waals surface area contributed by atoms with Crippen molar-refractivity contribution in [3.8, 4) is 0 Å².